The number of carbonyl (C=O) groups excluding carboxylic acids is 1. The Kier molecular flexibility index (Phi) is 5.39. The van der Waals surface area contributed by atoms with Gasteiger partial charge in [-0.15, -0.1) is 0 Å². The summed E-state index contributed by atoms with van der Waals surface area (Å²) in [5, 5.41) is 2.76. The Balaban J connectivity index is 2.36. The fourth-order valence-electron chi connectivity index (χ4n) is 1.44. The minimum atomic E-state index is -0.707. The van der Waals surface area contributed by atoms with Gasteiger partial charge in [-0.3, -0.25) is 4.79 Å². The van der Waals surface area contributed by atoms with Crippen molar-refractivity contribution < 1.29 is 13.9 Å². The molecule has 0 aliphatic heterocycles. The Morgan fingerprint density at radius 1 is 1.65 bits per heavy atom. The molecule has 0 aliphatic carbocycles. The number of rotatable bonds is 6. The summed E-state index contributed by atoms with van der Waals surface area (Å²) < 4.78 is 18.1. The predicted molar refractivity (Wildman–Crippen MR) is 62.2 cm³/mol. The van der Waals surface area contributed by atoms with E-state index in [9.17, 15) is 9.18 Å². The lowest BCUT2D eigenvalue weighted by molar-refractivity contribution is -0.123. The van der Waals surface area contributed by atoms with Crippen molar-refractivity contribution in [3.05, 3.63) is 24.3 Å². The Labute approximate surface area is 100 Å². The number of hydrogen-bond donors (Lipinski definition) is 1. The number of pyridine rings is 1. The van der Waals surface area contributed by atoms with E-state index in [1.165, 1.54) is 12.3 Å². The summed E-state index contributed by atoms with van der Waals surface area (Å²) in [7, 11) is 0. The molecule has 0 saturated carbocycles. The zero-order valence-corrected chi connectivity index (χ0v) is 10.1. The van der Waals surface area contributed by atoms with Gasteiger partial charge in [-0.05, 0) is 25.5 Å². The van der Waals surface area contributed by atoms with E-state index in [1.807, 2.05) is 13.8 Å². The highest BCUT2D eigenvalue weighted by atomic mass is 19.1. The van der Waals surface area contributed by atoms with Crippen molar-refractivity contribution in [1.29, 1.82) is 0 Å². The first-order valence-corrected chi connectivity index (χ1v) is 5.66. The zero-order chi connectivity index (χ0) is 12.7. The Morgan fingerprint density at radius 2 is 2.41 bits per heavy atom. The van der Waals surface area contributed by atoms with Crippen LogP contribution in [0.2, 0.25) is 0 Å². The van der Waals surface area contributed by atoms with Crippen molar-refractivity contribution >= 4 is 5.91 Å². The SMILES string of the molecule is CCCC(C)NC(=O)COc1cccnc1F. The van der Waals surface area contributed by atoms with Gasteiger partial charge in [0.1, 0.15) is 0 Å². The maximum atomic E-state index is 13.1. The van der Waals surface area contributed by atoms with Crippen molar-refractivity contribution in [3.63, 3.8) is 0 Å². The van der Waals surface area contributed by atoms with Gasteiger partial charge in [0.05, 0.1) is 0 Å². The van der Waals surface area contributed by atoms with Crippen LogP contribution in [0.5, 0.6) is 5.75 Å². The highest BCUT2D eigenvalue weighted by Gasteiger charge is 2.09. The second-order valence-electron chi connectivity index (χ2n) is 3.84. The molecule has 0 aromatic carbocycles. The van der Waals surface area contributed by atoms with Crippen LogP contribution >= 0.6 is 0 Å². The summed E-state index contributed by atoms with van der Waals surface area (Å²) in [6, 6.07) is 3.09. The standard InChI is InChI=1S/C12H17FN2O2/c1-3-5-9(2)15-11(16)8-17-10-6-4-7-14-12(10)13/h4,6-7,9H,3,5,8H2,1-2H3,(H,15,16). The molecule has 0 bridgehead atoms. The lowest BCUT2D eigenvalue weighted by Crippen LogP contribution is -2.36. The van der Waals surface area contributed by atoms with Gasteiger partial charge in [-0.25, -0.2) is 4.98 Å². The third kappa shape index (κ3) is 4.80. The maximum absolute atomic E-state index is 13.1. The smallest absolute Gasteiger partial charge is 0.258 e. The van der Waals surface area contributed by atoms with Crippen LogP contribution in [0.4, 0.5) is 4.39 Å². The summed E-state index contributed by atoms with van der Waals surface area (Å²) in [6.45, 7) is 3.77. The first kappa shape index (κ1) is 13.4. The number of amides is 1. The van der Waals surface area contributed by atoms with Crippen LogP contribution < -0.4 is 10.1 Å². The lowest BCUT2D eigenvalue weighted by Gasteiger charge is -2.13. The van der Waals surface area contributed by atoms with Crippen molar-refractivity contribution in [1.82, 2.24) is 10.3 Å². The van der Waals surface area contributed by atoms with Gasteiger partial charge in [-0.1, -0.05) is 13.3 Å². The van der Waals surface area contributed by atoms with Crippen LogP contribution in [0.1, 0.15) is 26.7 Å². The summed E-state index contributed by atoms with van der Waals surface area (Å²) in [4.78, 5) is 14.9. The normalized spacial score (nSPS) is 11.9. The first-order valence-electron chi connectivity index (χ1n) is 5.66. The monoisotopic (exact) mass is 240 g/mol. The number of halogens is 1. The van der Waals surface area contributed by atoms with E-state index < -0.39 is 5.95 Å². The van der Waals surface area contributed by atoms with Gasteiger partial charge >= 0.3 is 0 Å². The molecule has 0 spiro atoms. The summed E-state index contributed by atoms with van der Waals surface area (Å²) in [6.07, 6.45) is 3.23. The zero-order valence-electron chi connectivity index (χ0n) is 10.1. The van der Waals surface area contributed by atoms with Crippen LogP contribution in [0.15, 0.2) is 18.3 Å². The molecule has 1 aromatic rings. The van der Waals surface area contributed by atoms with Crippen molar-refractivity contribution in [2.75, 3.05) is 6.61 Å². The van der Waals surface area contributed by atoms with Gasteiger partial charge in [0, 0.05) is 12.2 Å². The summed E-state index contributed by atoms with van der Waals surface area (Å²) in [5.41, 5.74) is 0. The molecule has 1 heterocycles. The Morgan fingerprint density at radius 3 is 3.06 bits per heavy atom. The molecule has 0 fully saturated rings. The topological polar surface area (TPSA) is 51.2 Å². The molecule has 94 valence electrons. The second-order valence-corrected chi connectivity index (χ2v) is 3.84. The molecule has 17 heavy (non-hydrogen) atoms. The van der Waals surface area contributed by atoms with Crippen LogP contribution in [-0.2, 0) is 4.79 Å². The molecule has 4 nitrogen and oxygen atoms in total. The van der Waals surface area contributed by atoms with Gasteiger partial charge in [-0.2, -0.15) is 4.39 Å². The number of hydrogen-bond acceptors (Lipinski definition) is 3. The number of nitrogens with zero attached hydrogens (tertiary/aromatic N) is 1. The average Bonchev–Trinajstić information content (AvgIpc) is 2.28. The number of aromatic nitrogens is 1. The number of carbonyl (C=O) groups is 1. The average molecular weight is 240 g/mol. The fourth-order valence-corrected chi connectivity index (χ4v) is 1.44. The molecular weight excluding hydrogens is 223 g/mol. The Hall–Kier alpha value is -1.65. The third-order valence-electron chi connectivity index (χ3n) is 2.21. The molecule has 1 N–H and O–H groups in total. The largest absolute Gasteiger partial charge is 0.479 e. The van der Waals surface area contributed by atoms with E-state index in [4.69, 9.17) is 4.74 Å². The second kappa shape index (κ2) is 6.83. The van der Waals surface area contributed by atoms with Crippen molar-refractivity contribution in [3.8, 4) is 5.75 Å². The predicted octanol–water partition coefficient (Wildman–Crippen LogP) is 1.90. The van der Waals surface area contributed by atoms with E-state index in [2.05, 4.69) is 10.3 Å². The minimum absolute atomic E-state index is 0.00852. The number of nitrogens with one attached hydrogen (secondary N) is 1. The van der Waals surface area contributed by atoms with E-state index >= 15 is 0 Å². The lowest BCUT2D eigenvalue weighted by atomic mass is 10.2. The van der Waals surface area contributed by atoms with Gasteiger partial charge in [0.2, 0.25) is 0 Å². The molecule has 1 atom stereocenters. The first-order chi connectivity index (χ1) is 8.13. The summed E-state index contributed by atoms with van der Waals surface area (Å²) in [5.74, 6) is -0.970. The van der Waals surface area contributed by atoms with E-state index in [1.54, 1.807) is 6.07 Å². The molecule has 0 aliphatic rings. The molecule has 1 rings (SSSR count). The van der Waals surface area contributed by atoms with Gasteiger partial charge in [0.25, 0.3) is 11.9 Å². The third-order valence-corrected chi connectivity index (χ3v) is 2.21. The molecule has 1 aromatic heterocycles. The van der Waals surface area contributed by atoms with Crippen LogP contribution in [0.25, 0.3) is 0 Å². The molecule has 1 unspecified atom stereocenters. The highest BCUT2D eigenvalue weighted by molar-refractivity contribution is 5.77. The van der Waals surface area contributed by atoms with Crippen molar-refractivity contribution in [2.45, 2.75) is 32.7 Å². The van der Waals surface area contributed by atoms with Crippen LogP contribution in [-0.4, -0.2) is 23.5 Å². The van der Waals surface area contributed by atoms with Crippen LogP contribution in [0.3, 0.4) is 0 Å². The number of ether oxygens (including phenoxy) is 1. The van der Waals surface area contributed by atoms with Gasteiger partial charge in [0.15, 0.2) is 12.4 Å². The van der Waals surface area contributed by atoms with Gasteiger partial charge < -0.3 is 10.1 Å². The van der Waals surface area contributed by atoms with E-state index in [0.29, 0.717) is 0 Å². The fraction of sp³-hybridized carbons (Fsp3) is 0.500. The molecular formula is C12H17FN2O2. The maximum Gasteiger partial charge on any atom is 0.258 e. The summed E-state index contributed by atoms with van der Waals surface area (Å²) >= 11 is 0. The van der Waals surface area contributed by atoms with E-state index in [-0.39, 0.29) is 24.3 Å². The molecule has 0 saturated heterocycles. The molecule has 5 heteroatoms. The Bertz CT molecular complexity index is 371. The van der Waals surface area contributed by atoms with E-state index in [0.717, 1.165) is 12.8 Å². The van der Waals surface area contributed by atoms with Crippen LogP contribution in [0, 0.1) is 5.95 Å². The molecule has 0 radical (unpaired) electrons. The minimum Gasteiger partial charge on any atom is -0.479 e. The molecule has 1 amide bonds. The highest BCUT2D eigenvalue weighted by Crippen LogP contribution is 2.12. The van der Waals surface area contributed by atoms with Crippen molar-refractivity contribution in [2.24, 2.45) is 0 Å². The quantitative estimate of drug-likeness (QED) is 0.773.